The summed E-state index contributed by atoms with van der Waals surface area (Å²) < 4.78 is 5.87. The van der Waals surface area contributed by atoms with E-state index in [1.807, 2.05) is 36.4 Å². The molecule has 1 atom stereocenters. The second kappa shape index (κ2) is 8.44. The fourth-order valence-electron chi connectivity index (χ4n) is 3.83. The Kier molecular flexibility index (Phi) is 5.58. The van der Waals surface area contributed by atoms with E-state index in [1.165, 1.54) is 5.39 Å². The highest BCUT2D eigenvalue weighted by molar-refractivity contribution is 5.87. The summed E-state index contributed by atoms with van der Waals surface area (Å²) in [4.78, 5) is 16.2. The van der Waals surface area contributed by atoms with Gasteiger partial charge in [-0.3, -0.25) is 4.79 Å². The normalized spacial score (nSPS) is 19.9. The predicted octanol–water partition coefficient (Wildman–Crippen LogP) is 4.68. The molecule has 144 valence electrons. The Hall–Kier alpha value is -2.85. The molecule has 4 rings (SSSR count). The van der Waals surface area contributed by atoms with Crippen molar-refractivity contribution in [3.8, 4) is 0 Å². The summed E-state index contributed by atoms with van der Waals surface area (Å²) in [6.07, 6.45) is 6.63. The van der Waals surface area contributed by atoms with E-state index in [-0.39, 0.29) is 5.91 Å². The molecule has 2 heterocycles. The van der Waals surface area contributed by atoms with Crippen LogP contribution in [0.25, 0.3) is 17.0 Å². The molecule has 2 aromatic carbocycles. The number of fused-ring (bicyclic) bond motifs is 1. The van der Waals surface area contributed by atoms with Gasteiger partial charge >= 0.3 is 0 Å². The summed E-state index contributed by atoms with van der Waals surface area (Å²) in [6.45, 7) is 1.88. The number of benzene rings is 2. The third kappa shape index (κ3) is 4.18. The third-order valence-electron chi connectivity index (χ3n) is 5.47. The lowest BCUT2D eigenvalue weighted by Crippen LogP contribution is -2.45. The van der Waals surface area contributed by atoms with Crippen molar-refractivity contribution in [2.45, 2.75) is 25.9 Å². The average molecular weight is 374 g/mol. The maximum absolute atomic E-state index is 12.7. The summed E-state index contributed by atoms with van der Waals surface area (Å²) >= 11 is 0. The molecular formula is C24H26N2O2. The van der Waals surface area contributed by atoms with Gasteiger partial charge in [-0.1, -0.05) is 54.6 Å². The Labute approximate surface area is 165 Å². The quantitative estimate of drug-likeness (QED) is 0.590. The first kappa shape index (κ1) is 18.5. The van der Waals surface area contributed by atoms with Gasteiger partial charge in [-0.2, -0.15) is 0 Å². The average Bonchev–Trinajstić information content (AvgIpc) is 3.15. The highest BCUT2D eigenvalue weighted by atomic mass is 16.5. The number of para-hydroxylation sites is 1. The third-order valence-corrected chi connectivity index (χ3v) is 5.47. The van der Waals surface area contributed by atoms with Gasteiger partial charge < -0.3 is 15.0 Å². The van der Waals surface area contributed by atoms with Crippen LogP contribution in [0.1, 0.15) is 30.5 Å². The van der Waals surface area contributed by atoms with E-state index in [0.29, 0.717) is 19.6 Å². The number of aromatic amines is 1. The van der Waals surface area contributed by atoms with Crippen LogP contribution in [0.4, 0.5) is 0 Å². The van der Waals surface area contributed by atoms with Crippen molar-refractivity contribution >= 4 is 22.9 Å². The second-order valence-electron chi connectivity index (χ2n) is 7.45. The van der Waals surface area contributed by atoms with Crippen molar-refractivity contribution in [1.29, 1.82) is 0 Å². The summed E-state index contributed by atoms with van der Waals surface area (Å²) in [7, 11) is 0. The van der Waals surface area contributed by atoms with Crippen LogP contribution in [0.15, 0.2) is 66.7 Å². The molecule has 0 radical (unpaired) electrons. The second-order valence-corrected chi connectivity index (χ2v) is 7.45. The number of carbonyl (C=O) groups is 1. The van der Waals surface area contributed by atoms with Crippen molar-refractivity contribution in [2.24, 2.45) is 5.41 Å². The summed E-state index contributed by atoms with van der Waals surface area (Å²) in [6, 6.07) is 20.5. The van der Waals surface area contributed by atoms with Crippen LogP contribution in [0.3, 0.4) is 0 Å². The summed E-state index contributed by atoms with van der Waals surface area (Å²) in [5, 5.41) is 4.21. The number of hydrogen-bond acceptors (Lipinski definition) is 2. The van der Waals surface area contributed by atoms with Gasteiger partial charge in [0.1, 0.15) is 0 Å². The van der Waals surface area contributed by atoms with E-state index in [1.54, 1.807) is 0 Å². The molecule has 0 saturated carbocycles. The fraction of sp³-hybridized carbons (Fsp3) is 0.292. The molecule has 1 amide bonds. The molecule has 1 aliphatic heterocycles. The zero-order valence-corrected chi connectivity index (χ0v) is 16.0. The van der Waals surface area contributed by atoms with Crippen molar-refractivity contribution in [3.63, 3.8) is 0 Å². The molecule has 0 aliphatic carbocycles. The highest BCUT2D eigenvalue weighted by Gasteiger charge is 2.37. The molecule has 0 spiro atoms. The molecule has 2 N–H and O–H groups in total. The Morgan fingerprint density at radius 2 is 1.89 bits per heavy atom. The lowest BCUT2D eigenvalue weighted by atomic mass is 9.76. The molecule has 1 fully saturated rings. The molecule has 28 heavy (non-hydrogen) atoms. The van der Waals surface area contributed by atoms with Crippen LogP contribution in [-0.4, -0.2) is 24.0 Å². The first-order valence-electron chi connectivity index (χ1n) is 9.92. The van der Waals surface area contributed by atoms with Gasteiger partial charge in [0.15, 0.2) is 0 Å². The SMILES string of the molecule is O=C1NCCC[C@@]1(/C=C\c1cc2ccccc2[nH]1)CCOCc1ccccc1. The van der Waals surface area contributed by atoms with E-state index >= 15 is 0 Å². The molecule has 4 nitrogen and oxygen atoms in total. The number of ether oxygens (including phenoxy) is 1. The lowest BCUT2D eigenvalue weighted by Gasteiger charge is -2.33. The first-order chi connectivity index (χ1) is 13.8. The van der Waals surface area contributed by atoms with E-state index in [4.69, 9.17) is 4.74 Å². The standard InChI is InChI=1S/C24H26N2O2/c27-23-24(12-6-15-25-23,14-16-28-18-19-7-2-1-3-8-19)13-11-21-17-20-9-4-5-10-22(20)26-21/h1-5,7-11,13,17,26H,6,12,14-16,18H2,(H,25,27)/b13-11-/t24-/m1/s1. The minimum Gasteiger partial charge on any atom is -0.377 e. The Balaban J connectivity index is 1.45. The molecule has 1 aliphatic rings. The fourth-order valence-corrected chi connectivity index (χ4v) is 3.83. The van der Waals surface area contributed by atoms with Crippen molar-refractivity contribution in [3.05, 3.63) is 78.0 Å². The Morgan fingerprint density at radius 3 is 2.71 bits per heavy atom. The van der Waals surface area contributed by atoms with E-state index < -0.39 is 5.41 Å². The monoisotopic (exact) mass is 374 g/mol. The number of nitrogens with one attached hydrogen (secondary N) is 2. The van der Waals surface area contributed by atoms with E-state index in [2.05, 4.69) is 46.7 Å². The van der Waals surface area contributed by atoms with Gasteiger partial charge in [-0.15, -0.1) is 0 Å². The van der Waals surface area contributed by atoms with Crippen LogP contribution in [-0.2, 0) is 16.1 Å². The lowest BCUT2D eigenvalue weighted by molar-refractivity contribution is -0.131. The molecule has 4 heteroatoms. The molecular weight excluding hydrogens is 348 g/mol. The van der Waals surface area contributed by atoms with Gasteiger partial charge in [0.05, 0.1) is 12.0 Å². The maximum Gasteiger partial charge on any atom is 0.230 e. The smallest absolute Gasteiger partial charge is 0.230 e. The molecule has 0 bridgehead atoms. The highest BCUT2D eigenvalue weighted by Crippen LogP contribution is 2.34. The van der Waals surface area contributed by atoms with Crippen molar-refractivity contribution in [2.75, 3.05) is 13.2 Å². The minimum absolute atomic E-state index is 0.106. The first-order valence-corrected chi connectivity index (χ1v) is 9.92. The number of H-pyrrole nitrogens is 1. The molecule has 1 saturated heterocycles. The van der Waals surface area contributed by atoms with Crippen molar-refractivity contribution in [1.82, 2.24) is 10.3 Å². The van der Waals surface area contributed by atoms with Crippen molar-refractivity contribution < 1.29 is 9.53 Å². The topological polar surface area (TPSA) is 54.1 Å². The van der Waals surface area contributed by atoms with Gasteiger partial charge in [-0.25, -0.2) is 0 Å². The number of rotatable bonds is 7. The van der Waals surface area contributed by atoms with Crippen LogP contribution in [0, 0.1) is 5.41 Å². The van der Waals surface area contributed by atoms with Gasteiger partial charge in [0, 0.05) is 24.4 Å². The van der Waals surface area contributed by atoms with Crippen LogP contribution in [0.2, 0.25) is 0 Å². The van der Waals surface area contributed by atoms with Crippen LogP contribution >= 0.6 is 0 Å². The summed E-state index contributed by atoms with van der Waals surface area (Å²) in [5.74, 6) is 0.106. The number of carbonyl (C=O) groups excluding carboxylic acids is 1. The Morgan fingerprint density at radius 1 is 1.07 bits per heavy atom. The Bertz CT molecular complexity index is 928. The zero-order valence-electron chi connectivity index (χ0n) is 16.0. The number of hydrogen-bond donors (Lipinski definition) is 2. The zero-order chi connectivity index (χ0) is 19.2. The van der Waals surface area contributed by atoms with Gasteiger partial charge in [0.2, 0.25) is 5.91 Å². The van der Waals surface area contributed by atoms with E-state index in [0.717, 1.165) is 36.2 Å². The molecule has 0 unspecified atom stereocenters. The predicted molar refractivity (Wildman–Crippen MR) is 113 cm³/mol. The van der Waals surface area contributed by atoms with E-state index in [9.17, 15) is 4.79 Å². The largest absolute Gasteiger partial charge is 0.377 e. The van der Waals surface area contributed by atoms with Gasteiger partial charge in [-0.05, 0) is 48.4 Å². The van der Waals surface area contributed by atoms with Gasteiger partial charge in [0.25, 0.3) is 0 Å². The van der Waals surface area contributed by atoms with Crippen LogP contribution < -0.4 is 5.32 Å². The maximum atomic E-state index is 12.7. The summed E-state index contributed by atoms with van der Waals surface area (Å²) in [5.41, 5.74) is 2.77. The molecule has 1 aromatic heterocycles. The van der Waals surface area contributed by atoms with Crippen LogP contribution in [0.5, 0.6) is 0 Å². The minimum atomic E-state index is -0.508. The molecule has 3 aromatic rings. The number of aromatic nitrogens is 1. The number of amides is 1. The number of piperidine rings is 1.